The number of aryl methyl sites for hydroxylation is 2. The molecular formula is C33H43ClN2S. The van der Waals surface area contributed by atoms with Crippen LogP contribution in [-0.2, 0) is 12.8 Å². The Kier molecular flexibility index (Phi) is 8.93. The first kappa shape index (κ1) is 26.8. The average molecular weight is 535 g/mol. The summed E-state index contributed by atoms with van der Waals surface area (Å²) in [6, 6.07) is 13.7. The van der Waals surface area contributed by atoms with Gasteiger partial charge in [-0.2, -0.15) is 0 Å². The van der Waals surface area contributed by atoms with E-state index in [2.05, 4.69) is 78.6 Å². The molecule has 0 amide bonds. The maximum absolute atomic E-state index is 6.45. The molecule has 0 radical (unpaired) electrons. The van der Waals surface area contributed by atoms with Crippen molar-refractivity contribution in [1.82, 2.24) is 4.72 Å². The third kappa shape index (κ3) is 6.25. The highest BCUT2D eigenvalue weighted by Gasteiger charge is 2.36. The van der Waals surface area contributed by atoms with Crippen molar-refractivity contribution in [3.63, 3.8) is 0 Å². The second-order valence-electron chi connectivity index (χ2n) is 11.4. The lowest BCUT2D eigenvalue weighted by Crippen LogP contribution is -2.41. The molecule has 0 aromatic heterocycles. The lowest BCUT2D eigenvalue weighted by molar-refractivity contribution is 0.139. The summed E-state index contributed by atoms with van der Waals surface area (Å²) in [7, 11) is 0. The van der Waals surface area contributed by atoms with Crippen molar-refractivity contribution >= 4 is 34.9 Å². The number of fused-ring (bicyclic) bond motifs is 2. The molecule has 5 rings (SSSR count). The highest BCUT2D eigenvalue weighted by atomic mass is 35.5. The Morgan fingerprint density at radius 3 is 2.81 bits per heavy atom. The molecule has 2 nitrogen and oxygen atoms in total. The fourth-order valence-electron chi connectivity index (χ4n) is 6.65. The maximum Gasteiger partial charge on any atom is 0.0441 e. The first-order chi connectivity index (χ1) is 18.0. The quantitative estimate of drug-likeness (QED) is 0.312. The van der Waals surface area contributed by atoms with E-state index in [1.165, 1.54) is 53.6 Å². The topological polar surface area (TPSA) is 15.3 Å². The molecule has 1 saturated carbocycles. The van der Waals surface area contributed by atoms with Gasteiger partial charge in [0.25, 0.3) is 0 Å². The van der Waals surface area contributed by atoms with Crippen molar-refractivity contribution < 1.29 is 0 Å². The number of hydrogen-bond donors (Lipinski definition) is 1. The number of allylic oxidation sites excluding steroid dienone is 2. The Hall–Kier alpha value is -1.84. The van der Waals surface area contributed by atoms with Gasteiger partial charge in [-0.1, -0.05) is 80.7 Å². The van der Waals surface area contributed by atoms with E-state index in [1.807, 2.05) is 0 Å². The zero-order chi connectivity index (χ0) is 25.8. The highest BCUT2D eigenvalue weighted by molar-refractivity contribution is 7.97. The van der Waals surface area contributed by atoms with Crippen molar-refractivity contribution in [2.45, 2.75) is 71.1 Å². The Bertz CT molecular complexity index is 1130. The molecular weight excluding hydrogens is 492 g/mol. The normalized spacial score (nSPS) is 27.4. The molecule has 3 aliphatic rings. The van der Waals surface area contributed by atoms with Gasteiger partial charge in [0.1, 0.15) is 0 Å². The van der Waals surface area contributed by atoms with E-state index >= 15 is 0 Å². The predicted octanol–water partition coefficient (Wildman–Crippen LogP) is 9.05. The molecule has 2 aromatic rings. The summed E-state index contributed by atoms with van der Waals surface area (Å²) < 4.78 is 3.52. The number of anilines is 1. The second kappa shape index (κ2) is 12.3. The van der Waals surface area contributed by atoms with Crippen LogP contribution < -0.4 is 9.62 Å². The Balaban J connectivity index is 1.49. The van der Waals surface area contributed by atoms with Crippen LogP contribution >= 0.6 is 23.5 Å². The van der Waals surface area contributed by atoms with E-state index in [9.17, 15) is 0 Å². The van der Waals surface area contributed by atoms with E-state index in [1.54, 1.807) is 11.9 Å². The molecule has 4 unspecified atom stereocenters. The molecule has 0 saturated heterocycles. The molecule has 198 valence electrons. The number of halogens is 1. The van der Waals surface area contributed by atoms with Crippen LogP contribution in [0.1, 0.15) is 80.5 Å². The SMILES string of the molecule is C=C1NSCCC/C=C/C(C)C2CCC2CN2CC(c3ccc(Cl)cc3CCC)CCc3ccc1cc32. The van der Waals surface area contributed by atoms with Crippen molar-refractivity contribution in [3.8, 4) is 0 Å². The summed E-state index contributed by atoms with van der Waals surface area (Å²) in [5.41, 5.74) is 8.11. The summed E-state index contributed by atoms with van der Waals surface area (Å²) in [6.45, 7) is 11.3. The van der Waals surface area contributed by atoms with Crippen molar-refractivity contribution in [2.75, 3.05) is 23.7 Å². The number of benzene rings is 2. The van der Waals surface area contributed by atoms with Gasteiger partial charge in [0, 0.05) is 41.2 Å². The number of hydrogen-bond acceptors (Lipinski definition) is 3. The van der Waals surface area contributed by atoms with Crippen LogP contribution in [0.4, 0.5) is 5.69 Å². The largest absolute Gasteiger partial charge is 0.370 e. The Morgan fingerprint density at radius 2 is 2.00 bits per heavy atom. The van der Waals surface area contributed by atoms with E-state index in [0.717, 1.165) is 67.1 Å². The fraction of sp³-hybridized carbons (Fsp3) is 0.515. The van der Waals surface area contributed by atoms with Gasteiger partial charge >= 0.3 is 0 Å². The van der Waals surface area contributed by atoms with Crippen LogP contribution in [0, 0.1) is 17.8 Å². The van der Waals surface area contributed by atoms with Gasteiger partial charge in [-0.25, -0.2) is 0 Å². The first-order valence-corrected chi connectivity index (χ1v) is 15.8. The number of nitrogens with one attached hydrogen (secondary N) is 1. The van der Waals surface area contributed by atoms with E-state index < -0.39 is 0 Å². The van der Waals surface area contributed by atoms with Gasteiger partial charge in [0.15, 0.2) is 0 Å². The first-order valence-electron chi connectivity index (χ1n) is 14.4. The van der Waals surface area contributed by atoms with Crippen LogP contribution in [0.2, 0.25) is 5.02 Å². The minimum atomic E-state index is 0.521. The van der Waals surface area contributed by atoms with Gasteiger partial charge in [0.2, 0.25) is 0 Å². The molecule has 4 heteroatoms. The van der Waals surface area contributed by atoms with Crippen LogP contribution in [0.3, 0.4) is 0 Å². The van der Waals surface area contributed by atoms with Gasteiger partial charge in [-0.05, 0) is 103 Å². The monoisotopic (exact) mass is 534 g/mol. The van der Waals surface area contributed by atoms with Gasteiger partial charge < -0.3 is 9.62 Å². The molecule has 1 aliphatic carbocycles. The van der Waals surface area contributed by atoms with Gasteiger partial charge in [-0.3, -0.25) is 0 Å². The average Bonchev–Trinajstić information content (AvgIpc) is 3.05. The van der Waals surface area contributed by atoms with Crippen LogP contribution in [0.5, 0.6) is 0 Å². The highest BCUT2D eigenvalue weighted by Crippen LogP contribution is 2.44. The summed E-state index contributed by atoms with van der Waals surface area (Å²) in [4.78, 5) is 2.75. The lowest BCUT2D eigenvalue weighted by Gasteiger charge is -2.44. The molecule has 2 aromatic carbocycles. The van der Waals surface area contributed by atoms with E-state index in [0.29, 0.717) is 11.8 Å². The van der Waals surface area contributed by atoms with Crippen LogP contribution in [0.25, 0.3) is 5.70 Å². The van der Waals surface area contributed by atoms with Gasteiger partial charge in [-0.15, -0.1) is 0 Å². The van der Waals surface area contributed by atoms with Crippen LogP contribution in [0.15, 0.2) is 55.1 Å². The predicted molar refractivity (Wildman–Crippen MR) is 164 cm³/mol. The number of rotatable bonds is 3. The molecule has 2 bridgehead atoms. The van der Waals surface area contributed by atoms with Crippen LogP contribution in [-0.4, -0.2) is 18.8 Å². The Labute approximate surface area is 234 Å². The molecule has 2 heterocycles. The van der Waals surface area contributed by atoms with Crippen molar-refractivity contribution in [3.05, 3.63) is 82.4 Å². The lowest BCUT2D eigenvalue weighted by atomic mass is 9.67. The minimum Gasteiger partial charge on any atom is -0.370 e. The van der Waals surface area contributed by atoms with Gasteiger partial charge in [0.05, 0.1) is 0 Å². The summed E-state index contributed by atoms with van der Waals surface area (Å²) in [5.74, 6) is 3.85. The summed E-state index contributed by atoms with van der Waals surface area (Å²) >= 11 is 8.23. The van der Waals surface area contributed by atoms with E-state index in [4.69, 9.17) is 11.6 Å². The zero-order valence-corrected chi connectivity index (χ0v) is 24.2. The standard InChI is InChI=1S/C33H43ClN2S/c1-4-8-27-19-30(34)15-17-32(27)29-13-11-25-10-12-26-20-33(25)36(22-29)21-28-14-16-31(28)23(2)9-6-5-7-18-37-35-24(26)3/h6,9-10,12,15,17,19-20,23,28-29,31,35H,3-5,7-8,11,13-14,16,18,21-22H2,1-2H3/b9-6+. The maximum atomic E-state index is 6.45. The van der Waals surface area contributed by atoms with Crippen molar-refractivity contribution in [1.29, 1.82) is 0 Å². The molecule has 37 heavy (non-hydrogen) atoms. The number of nitrogens with zero attached hydrogens (tertiary/aromatic N) is 1. The summed E-state index contributed by atoms with van der Waals surface area (Å²) in [5, 5.41) is 0.863. The molecule has 2 aliphatic heterocycles. The molecule has 0 spiro atoms. The van der Waals surface area contributed by atoms with E-state index in [-0.39, 0.29) is 0 Å². The minimum absolute atomic E-state index is 0.521. The summed E-state index contributed by atoms with van der Waals surface area (Å²) in [6.07, 6.45) is 14.6. The van der Waals surface area contributed by atoms with Crippen molar-refractivity contribution in [2.24, 2.45) is 17.8 Å². The third-order valence-corrected chi connectivity index (χ3v) is 10.0. The third-order valence-electron chi connectivity index (χ3n) is 8.90. The molecule has 1 fully saturated rings. The smallest absolute Gasteiger partial charge is 0.0441 e. The zero-order valence-electron chi connectivity index (χ0n) is 22.6. The Morgan fingerprint density at radius 1 is 1.11 bits per heavy atom. The second-order valence-corrected chi connectivity index (χ2v) is 12.8. The molecule has 1 N–H and O–H groups in total. The molecule has 4 atom stereocenters. The fourth-order valence-corrected chi connectivity index (χ4v) is 7.55.